The minimum absolute atomic E-state index is 0.0616. The maximum absolute atomic E-state index is 11.3. The molecule has 0 saturated heterocycles. The van der Waals surface area contributed by atoms with Crippen molar-refractivity contribution in [1.29, 1.82) is 0 Å². The SMILES string of the molecule is CCN(CC)CCCC(C)NC(=O)/C=C\C(=O)O. The third-order valence-electron chi connectivity index (χ3n) is 2.77. The van der Waals surface area contributed by atoms with Crippen molar-refractivity contribution in [2.75, 3.05) is 19.6 Å². The summed E-state index contributed by atoms with van der Waals surface area (Å²) < 4.78 is 0. The number of rotatable bonds is 9. The van der Waals surface area contributed by atoms with E-state index in [0.717, 1.165) is 44.6 Å². The van der Waals surface area contributed by atoms with Gasteiger partial charge in [0.1, 0.15) is 0 Å². The summed E-state index contributed by atoms with van der Waals surface area (Å²) in [4.78, 5) is 23.9. The molecule has 0 rings (SSSR count). The molecule has 0 spiro atoms. The summed E-state index contributed by atoms with van der Waals surface area (Å²) in [5.41, 5.74) is 0. The molecule has 1 unspecified atom stereocenters. The summed E-state index contributed by atoms with van der Waals surface area (Å²) in [6.45, 7) is 9.29. The number of nitrogens with one attached hydrogen (secondary N) is 1. The molecular formula is C13H24N2O3. The zero-order valence-electron chi connectivity index (χ0n) is 11.5. The lowest BCUT2D eigenvalue weighted by molar-refractivity contribution is -0.131. The van der Waals surface area contributed by atoms with Gasteiger partial charge in [-0.15, -0.1) is 0 Å². The molecule has 1 amide bonds. The fourth-order valence-corrected chi connectivity index (χ4v) is 1.67. The van der Waals surface area contributed by atoms with Crippen molar-refractivity contribution in [3.8, 4) is 0 Å². The Bertz CT molecular complexity index is 286. The topological polar surface area (TPSA) is 69.6 Å². The van der Waals surface area contributed by atoms with E-state index in [2.05, 4.69) is 24.1 Å². The second-order valence-corrected chi connectivity index (χ2v) is 4.25. The van der Waals surface area contributed by atoms with Gasteiger partial charge in [0.05, 0.1) is 0 Å². The number of hydrogen-bond acceptors (Lipinski definition) is 3. The van der Waals surface area contributed by atoms with Gasteiger partial charge in [-0.1, -0.05) is 13.8 Å². The first kappa shape index (κ1) is 16.6. The van der Waals surface area contributed by atoms with Crippen molar-refractivity contribution < 1.29 is 14.7 Å². The molecule has 18 heavy (non-hydrogen) atoms. The highest BCUT2D eigenvalue weighted by atomic mass is 16.4. The van der Waals surface area contributed by atoms with Gasteiger partial charge in [-0.2, -0.15) is 0 Å². The number of carboxylic acid groups (broad SMARTS) is 1. The Labute approximate surface area is 109 Å². The zero-order chi connectivity index (χ0) is 14.0. The molecule has 0 aromatic rings. The largest absolute Gasteiger partial charge is 0.478 e. The molecule has 0 heterocycles. The highest BCUT2D eigenvalue weighted by molar-refractivity contribution is 5.93. The lowest BCUT2D eigenvalue weighted by Crippen LogP contribution is -2.32. The predicted octanol–water partition coefficient (Wildman–Crippen LogP) is 1.25. The third kappa shape index (κ3) is 8.75. The summed E-state index contributed by atoms with van der Waals surface area (Å²) in [6.07, 6.45) is 3.80. The van der Waals surface area contributed by atoms with Crippen molar-refractivity contribution in [1.82, 2.24) is 10.2 Å². The number of hydrogen-bond donors (Lipinski definition) is 2. The second-order valence-electron chi connectivity index (χ2n) is 4.25. The van der Waals surface area contributed by atoms with Crippen LogP contribution in [-0.2, 0) is 9.59 Å². The van der Waals surface area contributed by atoms with Crippen LogP contribution in [0.4, 0.5) is 0 Å². The van der Waals surface area contributed by atoms with Crippen LogP contribution in [-0.4, -0.2) is 47.6 Å². The van der Waals surface area contributed by atoms with Crippen molar-refractivity contribution in [2.24, 2.45) is 0 Å². The van der Waals surface area contributed by atoms with Gasteiger partial charge in [-0.05, 0) is 39.4 Å². The van der Waals surface area contributed by atoms with Crippen LogP contribution in [0.1, 0.15) is 33.6 Å². The van der Waals surface area contributed by atoms with Crippen LogP contribution in [0.25, 0.3) is 0 Å². The van der Waals surface area contributed by atoms with Gasteiger partial charge in [-0.25, -0.2) is 4.79 Å². The Balaban J connectivity index is 3.80. The fourth-order valence-electron chi connectivity index (χ4n) is 1.67. The molecule has 104 valence electrons. The van der Waals surface area contributed by atoms with Crippen LogP contribution in [0.15, 0.2) is 12.2 Å². The highest BCUT2D eigenvalue weighted by Gasteiger charge is 2.06. The van der Waals surface area contributed by atoms with Crippen molar-refractivity contribution in [2.45, 2.75) is 39.7 Å². The minimum atomic E-state index is -1.11. The van der Waals surface area contributed by atoms with Crippen LogP contribution in [0.5, 0.6) is 0 Å². The van der Waals surface area contributed by atoms with Crippen molar-refractivity contribution in [3.63, 3.8) is 0 Å². The molecule has 0 aliphatic carbocycles. The number of amides is 1. The van der Waals surface area contributed by atoms with Crippen LogP contribution in [0.2, 0.25) is 0 Å². The summed E-state index contributed by atoms with van der Waals surface area (Å²) >= 11 is 0. The summed E-state index contributed by atoms with van der Waals surface area (Å²) in [6, 6.07) is 0.0616. The van der Waals surface area contributed by atoms with E-state index < -0.39 is 5.97 Å². The lowest BCUT2D eigenvalue weighted by atomic mass is 10.1. The van der Waals surface area contributed by atoms with E-state index in [-0.39, 0.29) is 11.9 Å². The lowest BCUT2D eigenvalue weighted by Gasteiger charge is -2.19. The molecule has 0 fully saturated rings. The van der Waals surface area contributed by atoms with E-state index >= 15 is 0 Å². The molecule has 0 saturated carbocycles. The van der Waals surface area contributed by atoms with Gasteiger partial charge < -0.3 is 15.3 Å². The number of carbonyl (C=O) groups is 2. The quantitative estimate of drug-likeness (QED) is 0.609. The van der Waals surface area contributed by atoms with Gasteiger partial charge in [0.15, 0.2) is 0 Å². The highest BCUT2D eigenvalue weighted by Crippen LogP contribution is 1.99. The van der Waals surface area contributed by atoms with Crippen molar-refractivity contribution >= 4 is 11.9 Å². The molecule has 0 aliphatic rings. The average molecular weight is 256 g/mol. The molecule has 0 bridgehead atoms. The van der Waals surface area contributed by atoms with E-state index in [0.29, 0.717) is 0 Å². The molecule has 0 aliphatic heterocycles. The first-order chi connectivity index (χ1) is 8.49. The van der Waals surface area contributed by atoms with Gasteiger partial charge in [0.25, 0.3) is 0 Å². The van der Waals surface area contributed by atoms with Gasteiger partial charge in [0, 0.05) is 18.2 Å². The van der Waals surface area contributed by atoms with Gasteiger partial charge >= 0.3 is 5.97 Å². The number of nitrogens with zero attached hydrogens (tertiary/aromatic N) is 1. The Morgan fingerprint density at radius 1 is 1.28 bits per heavy atom. The van der Waals surface area contributed by atoms with Crippen LogP contribution >= 0.6 is 0 Å². The number of carboxylic acids is 1. The normalized spacial score (nSPS) is 12.9. The molecule has 0 aromatic carbocycles. The van der Waals surface area contributed by atoms with E-state index in [1.54, 1.807) is 0 Å². The smallest absolute Gasteiger partial charge is 0.328 e. The number of carbonyl (C=O) groups excluding carboxylic acids is 1. The third-order valence-corrected chi connectivity index (χ3v) is 2.77. The average Bonchev–Trinajstić information content (AvgIpc) is 2.32. The molecule has 1 atom stereocenters. The maximum Gasteiger partial charge on any atom is 0.328 e. The van der Waals surface area contributed by atoms with Crippen LogP contribution in [0, 0.1) is 0 Å². The Morgan fingerprint density at radius 3 is 2.39 bits per heavy atom. The fraction of sp³-hybridized carbons (Fsp3) is 0.692. The van der Waals surface area contributed by atoms with Gasteiger partial charge in [0.2, 0.25) is 5.91 Å². The Kier molecular flexibility index (Phi) is 8.92. The summed E-state index contributed by atoms with van der Waals surface area (Å²) in [5, 5.41) is 11.1. The second kappa shape index (κ2) is 9.65. The van der Waals surface area contributed by atoms with E-state index in [1.807, 2.05) is 6.92 Å². The molecular weight excluding hydrogens is 232 g/mol. The first-order valence-electron chi connectivity index (χ1n) is 6.43. The van der Waals surface area contributed by atoms with Gasteiger partial charge in [-0.3, -0.25) is 4.79 Å². The summed E-state index contributed by atoms with van der Waals surface area (Å²) in [7, 11) is 0. The molecule has 5 heteroatoms. The Hall–Kier alpha value is -1.36. The van der Waals surface area contributed by atoms with E-state index in [1.165, 1.54) is 0 Å². The zero-order valence-corrected chi connectivity index (χ0v) is 11.5. The van der Waals surface area contributed by atoms with Crippen molar-refractivity contribution in [3.05, 3.63) is 12.2 Å². The molecule has 0 aromatic heterocycles. The molecule has 0 radical (unpaired) electrons. The number of aliphatic carboxylic acids is 1. The first-order valence-corrected chi connectivity index (χ1v) is 6.43. The molecule has 5 nitrogen and oxygen atoms in total. The maximum atomic E-state index is 11.3. The minimum Gasteiger partial charge on any atom is -0.478 e. The van der Waals surface area contributed by atoms with E-state index in [4.69, 9.17) is 5.11 Å². The Morgan fingerprint density at radius 2 is 1.89 bits per heavy atom. The van der Waals surface area contributed by atoms with Crippen LogP contribution < -0.4 is 5.32 Å². The molecule has 2 N–H and O–H groups in total. The standard InChI is InChI=1S/C13H24N2O3/c1-4-15(5-2)10-6-7-11(3)14-12(16)8-9-13(17)18/h8-9,11H,4-7,10H2,1-3H3,(H,14,16)(H,17,18)/b9-8-. The summed E-state index contributed by atoms with van der Waals surface area (Å²) in [5.74, 6) is -1.47. The predicted molar refractivity (Wildman–Crippen MR) is 71.4 cm³/mol. The van der Waals surface area contributed by atoms with E-state index in [9.17, 15) is 9.59 Å². The van der Waals surface area contributed by atoms with Crippen LogP contribution in [0.3, 0.4) is 0 Å². The monoisotopic (exact) mass is 256 g/mol.